The van der Waals surface area contributed by atoms with Crippen molar-refractivity contribution < 1.29 is 19.1 Å². The first-order valence-electron chi connectivity index (χ1n) is 9.59. The van der Waals surface area contributed by atoms with Crippen LogP contribution in [0.2, 0.25) is 0 Å². The summed E-state index contributed by atoms with van der Waals surface area (Å²) >= 11 is 1.66. The third-order valence-corrected chi connectivity index (χ3v) is 5.61. The molecule has 2 aromatic rings. The van der Waals surface area contributed by atoms with E-state index < -0.39 is 5.91 Å². The normalized spacial score (nSPS) is 12.1. The fourth-order valence-corrected chi connectivity index (χ4v) is 3.95. The van der Waals surface area contributed by atoms with E-state index in [1.54, 1.807) is 35.6 Å². The summed E-state index contributed by atoms with van der Waals surface area (Å²) < 4.78 is 10.6. The molecule has 0 aliphatic carbocycles. The number of amides is 2. The van der Waals surface area contributed by atoms with E-state index in [4.69, 9.17) is 15.2 Å². The number of benzene rings is 1. The number of nitrogens with two attached hydrogens (primary N) is 1. The molecular weight excluding hydrogens is 388 g/mol. The van der Waals surface area contributed by atoms with E-state index in [1.807, 2.05) is 11.4 Å². The van der Waals surface area contributed by atoms with E-state index in [1.165, 1.54) is 13.2 Å². The van der Waals surface area contributed by atoms with Crippen molar-refractivity contribution in [1.29, 1.82) is 0 Å². The van der Waals surface area contributed by atoms with Crippen LogP contribution in [0.4, 0.5) is 0 Å². The summed E-state index contributed by atoms with van der Waals surface area (Å²) in [7, 11) is 1.51. The number of methoxy groups -OCH3 is 1. The minimum atomic E-state index is -0.564. The van der Waals surface area contributed by atoms with Gasteiger partial charge in [0.25, 0.3) is 5.91 Å². The molecule has 7 heteroatoms. The standard InChI is InChI=1S/C22H28N2O4S/c1-4-16(5-2)22(19-7-6-12-29-19)24-21(26)11-9-15-8-10-17(18(13-15)27-3)28-14-20(23)25/h6-13,16,22H,4-5,14H2,1-3H3,(H2,23,25)(H,24,26). The van der Waals surface area contributed by atoms with Gasteiger partial charge >= 0.3 is 0 Å². The second-order valence-corrected chi connectivity index (χ2v) is 7.56. The Balaban J connectivity index is 2.09. The highest BCUT2D eigenvalue weighted by Gasteiger charge is 2.22. The van der Waals surface area contributed by atoms with Gasteiger partial charge in [-0.25, -0.2) is 0 Å². The van der Waals surface area contributed by atoms with E-state index in [9.17, 15) is 9.59 Å². The Hall–Kier alpha value is -2.80. The molecule has 1 aromatic heterocycles. The van der Waals surface area contributed by atoms with Crippen LogP contribution in [0.1, 0.15) is 43.2 Å². The van der Waals surface area contributed by atoms with Gasteiger partial charge in [0.2, 0.25) is 5.91 Å². The highest BCUT2D eigenvalue weighted by molar-refractivity contribution is 7.10. The van der Waals surface area contributed by atoms with Crippen molar-refractivity contribution in [2.24, 2.45) is 11.7 Å². The van der Waals surface area contributed by atoms with Gasteiger partial charge in [-0.3, -0.25) is 9.59 Å². The van der Waals surface area contributed by atoms with Gasteiger partial charge in [0, 0.05) is 11.0 Å². The third kappa shape index (κ3) is 6.64. The summed E-state index contributed by atoms with van der Waals surface area (Å²) in [5, 5.41) is 5.17. The van der Waals surface area contributed by atoms with Crippen LogP contribution in [0.15, 0.2) is 41.8 Å². The molecule has 6 nitrogen and oxygen atoms in total. The SMILES string of the molecule is CCC(CC)C(NC(=O)C=Cc1ccc(OCC(N)=O)c(OC)c1)c1cccs1. The van der Waals surface area contributed by atoms with Gasteiger partial charge in [-0.15, -0.1) is 11.3 Å². The zero-order valence-corrected chi connectivity index (χ0v) is 17.8. The zero-order valence-electron chi connectivity index (χ0n) is 17.0. The molecule has 0 saturated heterocycles. The molecule has 1 heterocycles. The van der Waals surface area contributed by atoms with Gasteiger partial charge < -0.3 is 20.5 Å². The number of hydrogen-bond acceptors (Lipinski definition) is 5. The second kappa shape index (κ2) is 11.3. The maximum Gasteiger partial charge on any atom is 0.255 e. The molecule has 29 heavy (non-hydrogen) atoms. The van der Waals surface area contributed by atoms with Crippen LogP contribution in [0.3, 0.4) is 0 Å². The molecule has 0 fully saturated rings. The Labute approximate surface area is 175 Å². The summed E-state index contributed by atoms with van der Waals surface area (Å²) in [6, 6.07) is 9.26. The number of nitrogens with one attached hydrogen (secondary N) is 1. The van der Waals surface area contributed by atoms with Crippen LogP contribution in [-0.4, -0.2) is 25.5 Å². The summed E-state index contributed by atoms with van der Waals surface area (Å²) in [6.45, 7) is 4.06. The molecule has 0 aliphatic heterocycles. The molecule has 2 amide bonds. The number of carbonyl (C=O) groups is 2. The summed E-state index contributed by atoms with van der Waals surface area (Å²) in [4.78, 5) is 24.6. The monoisotopic (exact) mass is 416 g/mol. The molecular formula is C22H28N2O4S. The van der Waals surface area contributed by atoms with Crippen LogP contribution in [0.5, 0.6) is 11.5 Å². The Morgan fingerprint density at radius 1 is 1.21 bits per heavy atom. The summed E-state index contributed by atoms with van der Waals surface area (Å²) in [5.74, 6) is 0.545. The number of ether oxygens (including phenoxy) is 2. The fraction of sp³-hybridized carbons (Fsp3) is 0.364. The predicted molar refractivity (Wildman–Crippen MR) is 116 cm³/mol. The summed E-state index contributed by atoms with van der Waals surface area (Å²) in [5.41, 5.74) is 5.88. The minimum Gasteiger partial charge on any atom is -0.493 e. The van der Waals surface area contributed by atoms with Crippen molar-refractivity contribution in [3.8, 4) is 11.5 Å². The first-order valence-corrected chi connectivity index (χ1v) is 10.5. The number of carbonyl (C=O) groups excluding carboxylic acids is 2. The van der Waals surface area contributed by atoms with Gasteiger partial charge in [-0.1, -0.05) is 38.8 Å². The molecule has 3 N–H and O–H groups in total. The molecule has 0 saturated carbocycles. The van der Waals surface area contributed by atoms with Crippen LogP contribution in [-0.2, 0) is 9.59 Å². The average molecular weight is 417 g/mol. The van der Waals surface area contributed by atoms with Crippen LogP contribution in [0, 0.1) is 5.92 Å². The van der Waals surface area contributed by atoms with Crippen LogP contribution < -0.4 is 20.5 Å². The van der Waals surface area contributed by atoms with Gasteiger partial charge in [-0.2, -0.15) is 0 Å². The largest absolute Gasteiger partial charge is 0.493 e. The van der Waals surface area contributed by atoms with Gasteiger partial charge in [0.1, 0.15) is 0 Å². The molecule has 0 aliphatic rings. The van der Waals surface area contributed by atoms with Crippen molar-refractivity contribution in [2.75, 3.05) is 13.7 Å². The average Bonchev–Trinajstić information content (AvgIpc) is 3.25. The van der Waals surface area contributed by atoms with Gasteiger partial charge in [-0.05, 0) is 41.1 Å². The highest BCUT2D eigenvalue weighted by Crippen LogP contribution is 2.31. The molecule has 1 aromatic carbocycles. The molecule has 2 rings (SSSR count). The van der Waals surface area contributed by atoms with Gasteiger partial charge in [0.15, 0.2) is 18.1 Å². The zero-order chi connectivity index (χ0) is 21.2. The van der Waals surface area contributed by atoms with E-state index in [2.05, 4.69) is 25.2 Å². The van der Waals surface area contributed by atoms with Crippen molar-refractivity contribution in [3.05, 3.63) is 52.2 Å². The number of rotatable bonds is 11. The quantitative estimate of drug-likeness (QED) is 0.543. The van der Waals surface area contributed by atoms with Crippen LogP contribution in [0.25, 0.3) is 6.08 Å². The van der Waals surface area contributed by atoms with Crippen molar-refractivity contribution in [1.82, 2.24) is 5.32 Å². The molecule has 1 unspecified atom stereocenters. The van der Waals surface area contributed by atoms with Crippen molar-refractivity contribution in [3.63, 3.8) is 0 Å². The Kier molecular flexibility index (Phi) is 8.73. The molecule has 0 spiro atoms. The maximum atomic E-state index is 12.6. The Morgan fingerprint density at radius 2 is 1.97 bits per heavy atom. The van der Waals surface area contributed by atoms with E-state index in [0.717, 1.165) is 23.3 Å². The molecule has 156 valence electrons. The first-order chi connectivity index (χ1) is 14.0. The lowest BCUT2D eigenvalue weighted by Gasteiger charge is -2.25. The van der Waals surface area contributed by atoms with Gasteiger partial charge in [0.05, 0.1) is 13.2 Å². The fourth-order valence-electron chi connectivity index (χ4n) is 3.08. The topological polar surface area (TPSA) is 90.6 Å². The molecule has 0 bridgehead atoms. The van der Waals surface area contributed by atoms with E-state index >= 15 is 0 Å². The lowest BCUT2D eigenvalue weighted by atomic mass is 9.93. The van der Waals surface area contributed by atoms with Crippen LogP contribution >= 0.6 is 11.3 Å². The van der Waals surface area contributed by atoms with E-state index in [0.29, 0.717) is 17.4 Å². The minimum absolute atomic E-state index is 0.00117. The second-order valence-electron chi connectivity index (χ2n) is 6.58. The molecule has 1 atom stereocenters. The highest BCUT2D eigenvalue weighted by atomic mass is 32.1. The smallest absolute Gasteiger partial charge is 0.255 e. The predicted octanol–water partition coefficient (Wildman–Crippen LogP) is 3.93. The van der Waals surface area contributed by atoms with E-state index in [-0.39, 0.29) is 18.6 Å². The number of thiophene rings is 1. The molecule has 0 radical (unpaired) electrons. The Bertz CT molecular complexity index is 829. The third-order valence-electron chi connectivity index (χ3n) is 4.65. The Morgan fingerprint density at radius 3 is 2.55 bits per heavy atom. The lowest BCUT2D eigenvalue weighted by molar-refractivity contribution is -0.120. The van der Waals surface area contributed by atoms with Crippen molar-refractivity contribution in [2.45, 2.75) is 32.7 Å². The van der Waals surface area contributed by atoms with Crippen molar-refractivity contribution >= 4 is 29.2 Å². The lowest BCUT2D eigenvalue weighted by Crippen LogP contribution is -2.31. The maximum absolute atomic E-state index is 12.6. The number of hydrogen-bond donors (Lipinski definition) is 2. The summed E-state index contributed by atoms with van der Waals surface area (Å²) in [6.07, 6.45) is 5.22. The number of primary amides is 1. The first kappa shape index (κ1) is 22.5.